The summed E-state index contributed by atoms with van der Waals surface area (Å²) in [6.07, 6.45) is 4.04. The summed E-state index contributed by atoms with van der Waals surface area (Å²) in [6.45, 7) is 2.57. The third kappa shape index (κ3) is 4.99. The molecule has 0 aliphatic rings. The Bertz CT molecular complexity index is 586. The van der Waals surface area contributed by atoms with Gasteiger partial charge in [0, 0.05) is 12.2 Å². The lowest BCUT2D eigenvalue weighted by Crippen LogP contribution is -2.45. The molecule has 0 aliphatic carbocycles. The predicted octanol–water partition coefficient (Wildman–Crippen LogP) is 2.32. The number of hydrogen-bond donors (Lipinski definition) is 2. The average molecular weight is 352 g/mol. The molecule has 2 atom stereocenters. The maximum atomic E-state index is 11.4. The normalized spacial score (nSPS) is 13.8. The van der Waals surface area contributed by atoms with Crippen molar-refractivity contribution in [1.29, 1.82) is 0 Å². The van der Waals surface area contributed by atoms with Gasteiger partial charge in [-0.1, -0.05) is 30.3 Å². The zero-order valence-electron chi connectivity index (χ0n) is 11.7. The fourth-order valence-corrected chi connectivity index (χ4v) is 2.51. The first-order valence-electron chi connectivity index (χ1n) is 6.75. The van der Waals surface area contributed by atoms with E-state index in [2.05, 4.69) is 26.3 Å². The smallest absolute Gasteiger partial charge is 0.321 e. The van der Waals surface area contributed by atoms with Crippen LogP contribution >= 0.6 is 15.9 Å². The van der Waals surface area contributed by atoms with E-state index in [1.165, 1.54) is 0 Å². The summed E-state index contributed by atoms with van der Waals surface area (Å²) in [4.78, 5) is 11.4. The highest BCUT2D eigenvalue weighted by atomic mass is 79.9. The van der Waals surface area contributed by atoms with E-state index in [4.69, 9.17) is 0 Å². The number of aliphatic carboxylic acids is 1. The van der Waals surface area contributed by atoms with Crippen LogP contribution in [0.25, 0.3) is 0 Å². The van der Waals surface area contributed by atoms with Crippen molar-refractivity contribution in [3.63, 3.8) is 0 Å². The predicted molar refractivity (Wildman–Crippen MR) is 84.1 cm³/mol. The second kappa shape index (κ2) is 7.38. The second-order valence-electron chi connectivity index (χ2n) is 5.03. The van der Waals surface area contributed by atoms with Crippen molar-refractivity contribution in [1.82, 2.24) is 15.1 Å². The van der Waals surface area contributed by atoms with Crippen molar-refractivity contribution in [2.45, 2.75) is 32.0 Å². The first-order valence-corrected chi connectivity index (χ1v) is 7.54. The average Bonchev–Trinajstić information content (AvgIpc) is 2.84. The summed E-state index contributed by atoms with van der Waals surface area (Å²) in [5.41, 5.74) is 1.01. The minimum atomic E-state index is -0.840. The number of carboxylic acid groups (broad SMARTS) is 1. The molecule has 0 bridgehead atoms. The molecule has 1 unspecified atom stereocenters. The van der Waals surface area contributed by atoms with Gasteiger partial charge in [0.05, 0.1) is 17.2 Å². The zero-order chi connectivity index (χ0) is 15.2. The standard InChI is InChI=1S/C15H18BrN3O2/c1-11(9-19-10-13(16)8-17-19)18-14(15(20)21)7-12-5-3-2-4-6-12/h2-6,8,10-11,14,18H,7,9H2,1H3,(H,20,21)/t11?,14-/m0/s1. The Morgan fingerprint density at radius 3 is 2.71 bits per heavy atom. The van der Waals surface area contributed by atoms with Crippen molar-refractivity contribution >= 4 is 21.9 Å². The van der Waals surface area contributed by atoms with E-state index in [0.29, 0.717) is 13.0 Å². The lowest BCUT2D eigenvalue weighted by molar-refractivity contribution is -0.139. The van der Waals surface area contributed by atoms with Crippen LogP contribution in [0.15, 0.2) is 47.2 Å². The van der Waals surface area contributed by atoms with Gasteiger partial charge in [-0.2, -0.15) is 5.10 Å². The summed E-state index contributed by atoms with van der Waals surface area (Å²) in [6, 6.07) is 9.02. The van der Waals surface area contributed by atoms with Crippen LogP contribution in [-0.2, 0) is 17.8 Å². The maximum absolute atomic E-state index is 11.4. The van der Waals surface area contributed by atoms with Crippen LogP contribution in [0.5, 0.6) is 0 Å². The number of aromatic nitrogens is 2. The molecule has 6 heteroatoms. The molecule has 0 amide bonds. The van der Waals surface area contributed by atoms with Gasteiger partial charge < -0.3 is 5.11 Å². The van der Waals surface area contributed by atoms with Crippen LogP contribution in [0.1, 0.15) is 12.5 Å². The lowest BCUT2D eigenvalue weighted by Gasteiger charge is -2.20. The lowest BCUT2D eigenvalue weighted by atomic mass is 10.1. The molecule has 1 heterocycles. The minimum absolute atomic E-state index is 0.00149. The Kier molecular flexibility index (Phi) is 5.52. The highest BCUT2D eigenvalue weighted by Gasteiger charge is 2.20. The van der Waals surface area contributed by atoms with E-state index < -0.39 is 12.0 Å². The number of nitrogens with zero attached hydrogens (tertiary/aromatic N) is 2. The van der Waals surface area contributed by atoms with Gasteiger partial charge in [-0.15, -0.1) is 0 Å². The van der Waals surface area contributed by atoms with Crippen LogP contribution in [-0.4, -0.2) is 32.9 Å². The van der Waals surface area contributed by atoms with E-state index >= 15 is 0 Å². The van der Waals surface area contributed by atoms with Crippen molar-refractivity contribution in [3.8, 4) is 0 Å². The molecule has 2 N–H and O–H groups in total. The van der Waals surface area contributed by atoms with Crippen molar-refractivity contribution < 1.29 is 9.90 Å². The zero-order valence-corrected chi connectivity index (χ0v) is 13.3. The molecule has 1 aromatic heterocycles. The molecule has 2 rings (SSSR count). The van der Waals surface area contributed by atoms with Gasteiger partial charge in [-0.3, -0.25) is 14.8 Å². The molecule has 0 saturated heterocycles. The molecule has 0 fully saturated rings. The van der Waals surface area contributed by atoms with Gasteiger partial charge in [0.25, 0.3) is 0 Å². The first kappa shape index (κ1) is 15.7. The molecule has 2 aromatic rings. The van der Waals surface area contributed by atoms with Gasteiger partial charge >= 0.3 is 5.97 Å². The number of rotatable bonds is 7. The van der Waals surface area contributed by atoms with Crippen LogP contribution in [0.2, 0.25) is 0 Å². The van der Waals surface area contributed by atoms with Crippen LogP contribution in [0, 0.1) is 0 Å². The number of carboxylic acids is 1. The molecule has 0 aliphatic heterocycles. The Labute approximate surface area is 132 Å². The van der Waals surface area contributed by atoms with Gasteiger partial charge in [0.2, 0.25) is 0 Å². The van der Waals surface area contributed by atoms with E-state index in [-0.39, 0.29) is 6.04 Å². The van der Waals surface area contributed by atoms with E-state index in [1.54, 1.807) is 10.9 Å². The summed E-state index contributed by atoms with van der Waals surface area (Å²) in [5.74, 6) is -0.840. The summed E-state index contributed by atoms with van der Waals surface area (Å²) < 4.78 is 2.69. The van der Waals surface area contributed by atoms with Gasteiger partial charge in [0.15, 0.2) is 0 Å². The van der Waals surface area contributed by atoms with Gasteiger partial charge in [-0.05, 0) is 34.8 Å². The summed E-state index contributed by atoms with van der Waals surface area (Å²) in [5, 5.41) is 16.7. The Balaban J connectivity index is 1.94. The second-order valence-corrected chi connectivity index (χ2v) is 5.94. The first-order chi connectivity index (χ1) is 10.0. The van der Waals surface area contributed by atoms with Gasteiger partial charge in [0.1, 0.15) is 6.04 Å². The molecule has 0 radical (unpaired) electrons. The molecular formula is C15H18BrN3O2. The summed E-state index contributed by atoms with van der Waals surface area (Å²) in [7, 11) is 0. The number of halogens is 1. The Hall–Kier alpha value is -1.66. The number of benzene rings is 1. The fraction of sp³-hybridized carbons (Fsp3) is 0.333. The Morgan fingerprint density at radius 1 is 1.43 bits per heavy atom. The van der Waals surface area contributed by atoms with Crippen LogP contribution < -0.4 is 5.32 Å². The van der Waals surface area contributed by atoms with Crippen molar-refractivity contribution in [2.75, 3.05) is 0 Å². The van der Waals surface area contributed by atoms with Gasteiger partial charge in [-0.25, -0.2) is 0 Å². The molecule has 1 aromatic carbocycles. The minimum Gasteiger partial charge on any atom is -0.480 e. The Morgan fingerprint density at radius 2 is 2.14 bits per heavy atom. The van der Waals surface area contributed by atoms with Crippen LogP contribution in [0.3, 0.4) is 0 Å². The topological polar surface area (TPSA) is 67.2 Å². The fourth-order valence-electron chi connectivity index (χ4n) is 2.18. The summed E-state index contributed by atoms with van der Waals surface area (Å²) >= 11 is 3.34. The van der Waals surface area contributed by atoms with Crippen molar-refractivity contribution in [2.24, 2.45) is 0 Å². The number of carbonyl (C=O) groups is 1. The largest absolute Gasteiger partial charge is 0.480 e. The van der Waals surface area contributed by atoms with E-state index in [0.717, 1.165) is 10.0 Å². The number of hydrogen-bond acceptors (Lipinski definition) is 3. The SMILES string of the molecule is CC(Cn1cc(Br)cn1)N[C@@H](Cc1ccccc1)C(=O)O. The molecule has 5 nitrogen and oxygen atoms in total. The number of nitrogens with one attached hydrogen (secondary N) is 1. The van der Waals surface area contributed by atoms with E-state index in [1.807, 2.05) is 43.5 Å². The molecule has 21 heavy (non-hydrogen) atoms. The molecule has 112 valence electrons. The molecule has 0 spiro atoms. The highest BCUT2D eigenvalue weighted by molar-refractivity contribution is 9.10. The maximum Gasteiger partial charge on any atom is 0.321 e. The third-order valence-electron chi connectivity index (χ3n) is 3.13. The van der Waals surface area contributed by atoms with E-state index in [9.17, 15) is 9.90 Å². The third-order valence-corrected chi connectivity index (χ3v) is 3.54. The molecule has 0 saturated carbocycles. The quantitative estimate of drug-likeness (QED) is 0.803. The molecular weight excluding hydrogens is 334 g/mol. The van der Waals surface area contributed by atoms with Crippen LogP contribution in [0.4, 0.5) is 0 Å². The monoisotopic (exact) mass is 351 g/mol. The van der Waals surface area contributed by atoms with Crippen molar-refractivity contribution in [3.05, 3.63) is 52.8 Å². The highest BCUT2D eigenvalue weighted by Crippen LogP contribution is 2.08.